The van der Waals surface area contributed by atoms with Crippen molar-refractivity contribution in [2.45, 2.75) is 19.7 Å². The largest absolute Gasteiger partial charge is 0.491 e. The first-order valence-electron chi connectivity index (χ1n) is 8.24. The van der Waals surface area contributed by atoms with Gasteiger partial charge in [-0.05, 0) is 19.1 Å². The Morgan fingerprint density at radius 3 is 2.62 bits per heavy atom. The van der Waals surface area contributed by atoms with Gasteiger partial charge in [0.05, 0.1) is 18.4 Å². The molecule has 0 saturated carbocycles. The van der Waals surface area contributed by atoms with Gasteiger partial charge in [0, 0.05) is 18.3 Å². The van der Waals surface area contributed by atoms with Gasteiger partial charge in [-0.15, -0.1) is 15.3 Å². The van der Waals surface area contributed by atoms with Crippen molar-refractivity contribution < 1.29 is 27.2 Å². The van der Waals surface area contributed by atoms with Crippen molar-refractivity contribution in [2.75, 3.05) is 7.11 Å². The van der Waals surface area contributed by atoms with E-state index < -0.39 is 11.7 Å². The van der Waals surface area contributed by atoms with Crippen molar-refractivity contribution in [1.29, 1.82) is 0 Å². The highest BCUT2D eigenvalue weighted by molar-refractivity contribution is 5.56. The van der Waals surface area contributed by atoms with Gasteiger partial charge in [-0.2, -0.15) is 17.7 Å². The van der Waals surface area contributed by atoms with Crippen LogP contribution in [0.25, 0.3) is 17.2 Å². The van der Waals surface area contributed by atoms with Gasteiger partial charge >= 0.3 is 6.18 Å². The van der Waals surface area contributed by atoms with Crippen molar-refractivity contribution in [3.8, 4) is 23.1 Å². The maximum atomic E-state index is 12.6. The van der Waals surface area contributed by atoms with Crippen LogP contribution in [0.2, 0.25) is 0 Å². The number of hydrogen-bond donors (Lipinski definition) is 0. The van der Waals surface area contributed by atoms with Crippen LogP contribution in [0.1, 0.15) is 17.0 Å². The quantitative estimate of drug-likeness (QED) is 0.498. The van der Waals surface area contributed by atoms with E-state index in [1.165, 1.54) is 17.7 Å². The van der Waals surface area contributed by atoms with Crippen molar-refractivity contribution in [1.82, 2.24) is 30.0 Å². The summed E-state index contributed by atoms with van der Waals surface area (Å²) in [5, 5.41) is 16.3. The summed E-state index contributed by atoms with van der Waals surface area (Å²) in [6.45, 7) is 1.62. The Hall–Kier alpha value is -3.70. The fourth-order valence-electron chi connectivity index (χ4n) is 2.50. The van der Waals surface area contributed by atoms with Gasteiger partial charge in [-0.3, -0.25) is 4.98 Å². The van der Waals surface area contributed by atoms with Gasteiger partial charge in [-0.25, -0.2) is 0 Å². The molecule has 0 aliphatic heterocycles. The van der Waals surface area contributed by atoms with Gasteiger partial charge in [0.1, 0.15) is 12.4 Å². The number of pyridine rings is 1. The number of hydrogen-bond acceptors (Lipinski definition) is 8. The summed E-state index contributed by atoms with van der Waals surface area (Å²) >= 11 is 0. The molecule has 0 unspecified atom stereocenters. The lowest BCUT2D eigenvalue weighted by Gasteiger charge is -2.10. The molecule has 29 heavy (non-hydrogen) atoms. The molecule has 0 atom stereocenters. The van der Waals surface area contributed by atoms with Crippen LogP contribution >= 0.6 is 0 Å². The lowest BCUT2D eigenvalue weighted by molar-refractivity contribution is -0.137. The smallest absolute Gasteiger partial charge is 0.417 e. The van der Waals surface area contributed by atoms with E-state index >= 15 is 0 Å². The number of methoxy groups -OCH3 is 1. The summed E-state index contributed by atoms with van der Waals surface area (Å²) in [6, 6.07) is 5.40. The van der Waals surface area contributed by atoms with Crippen molar-refractivity contribution in [3.63, 3.8) is 0 Å². The topological polar surface area (TPSA) is 100 Å². The predicted octanol–water partition coefficient (Wildman–Crippen LogP) is 3.09. The molecule has 9 nitrogen and oxygen atoms in total. The third-order valence-electron chi connectivity index (χ3n) is 3.91. The number of alkyl halides is 3. The van der Waals surface area contributed by atoms with Crippen LogP contribution in [0.3, 0.4) is 0 Å². The zero-order chi connectivity index (χ0) is 20.6. The van der Waals surface area contributed by atoms with E-state index in [0.717, 1.165) is 12.3 Å². The normalized spacial score (nSPS) is 11.8. The predicted molar refractivity (Wildman–Crippen MR) is 91.1 cm³/mol. The molecular formula is C17H13F3N6O3. The molecular weight excluding hydrogens is 393 g/mol. The minimum absolute atomic E-state index is 0.0861. The third kappa shape index (κ3) is 3.68. The highest BCUT2D eigenvalue weighted by Gasteiger charge is 2.30. The van der Waals surface area contributed by atoms with Crippen LogP contribution in [-0.2, 0) is 12.8 Å². The average molecular weight is 406 g/mol. The SMILES string of the molecule is COc1cc2nnc(-c3cc(C)on3)n2nc1OCc1ccc(C(F)(F)F)cn1. The molecule has 0 bridgehead atoms. The Morgan fingerprint density at radius 1 is 1.17 bits per heavy atom. The Balaban J connectivity index is 1.62. The van der Waals surface area contributed by atoms with Crippen molar-refractivity contribution in [2.24, 2.45) is 0 Å². The minimum Gasteiger partial charge on any atom is -0.491 e. The van der Waals surface area contributed by atoms with E-state index in [2.05, 4.69) is 25.4 Å². The van der Waals surface area contributed by atoms with E-state index in [1.54, 1.807) is 19.1 Å². The molecule has 0 saturated heterocycles. The summed E-state index contributed by atoms with van der Waals surface area (Å²) in [5.74, 6) is 1.29. The Labute approximate surface area is 161 Å². The van der Waals surface area contributed by atoms with Gasteiger partial charge < -0.3 is 14.0 Å². The van der Waals surface area contributed by atoms with E-state index in [1.807, 2.05) is 0 Å². The number of nitrogens with zero attached hydrogens (tertiary/aromatic N) is 6. The van der Waals surface area contributed by atoms with Gasteiger partial charge in [0.2, 0.25) is 5.82 Å². The summed E-state index contributed by atoms with van der Waals surface area (Å²) in [7, 11) is 1.43. The first-order valence-corrected chi connectivity index (χ1v) is 8.24. The van der Waals surface area contributed by atoms with Gasteiger partial charge in [-0.1, -0.05) is 5.16 Å². The van der Waals surface area contributed by atoms with Gasteiger partial charge in [0.15, 0.2) is 17.1 Å². The second kappa shape index (κ2) is 7.04. The summed E-state index contributed by atoms with van der Waals surface area (Å²) in [4.78, 5) is 3.77. The molecule has 4 rings (SSSR count). The third-order valence-corrected chi connectivity index (χ3v) is 3.91. The molecule has 0 aliphatic carbocycles. The van der Waals surface area contributed by atoms with Gasteiger partial charge in [0.25, 0.3) is 5.88 Å². The van der Waals surface area contributed by atoms with Crippen LogP contribution in [0, 0.1) is 6.92 Å². The molecule has 0 spiro atoms. The summed E-state index contributed by atoms with van der Waals surface area (Å²) in [5.41, 5.74) is 0.272. The zero-order valence-electron chi connectivity index (χ0n) is 15.1. The van der Waals surface area contributed by atoms with Crippen LogP contribution < -0.4 is 9.47 Å². The molecule has 0 amide bonds. The number of halogens is 3. The van der Waals surface area contributed by atoms with E-state index in [0.29, 0.717) is 22.9 Å². The van der Waals surface area contributed by atoms with Crippen molar-refractivity contribution in [3.05, 3.63) is 47.5 Å². The lowest BCUT2D eigenvalue weighted by atomic mass is 10.2. The highest BCUT2D eigenvalue weighted by atomic mass is 19.4. The zero-order valence-corrected chi connectivity index (χ0v) is 15.1. The number of aromatic nitrogens is 6. The molecule has 0 N–H and O–H groups in total. The second-order valence-corrected chi connectivity index (χ2v) is 5.96. The van der Waals surface area contributed by atoms with E-state index in [-0.39, 0.29) is 23.9 Å². The number of aryl methyl sites for hydroxylation is 1. The Morgan fingerprint density at radius 2 is 2.00 bits per heavy atom. The molecule has 150 valence electrons. The Bertz CT molecular complexity index is 1150. The van der Waals surface area contributed by atoms with Crippen LogP contribution in [0.4, 0.5) is 13.2 Å². The monoisotopic (exact) mass is 406 g/mol. The van der Waals surface area contributed by atoms with E-state index in [9.17, 15) is 13.2 Å². The highest BCUT2D eigenvalue weighted by Crippen LogP contribution is 2.30. The number of fused-ring (bicyclic) bond motifs is 1. The van der Waals surface area contributed by atoms with Crippen molar-refractivity contribution >= 4 is 5.65 Å². The first kappa shape index (κ1) is 18.7. The first-order chi connectivity index (χ1) is 13.8. The molecule has 4 heterocycles. The maximum absolute atomic E-state index is 12.6. The summed E-state index contributed by atoms with van der Waals surface area (Å²) < 4.78 is 55.2. The average Bonchev–Trinajstić information content (AvgIpc) is 3.30. The molecule has 0 aliphatic rings. The molecule has 0 radical (unpaired) electrons. The molecule has 4 aromatic rings. The fraction of sp³-hybridized carbons (Fsp3) is 0.235. The standard InChI is InChI=1S/C17H13F3N6O3/c1-9-5-12(25-29-9)15-23-22-14-6-13(27-2)16(24-26(14)15)28-8-11-4-3-10(7-21-11)17(18,19)20/h3-7H,8H2,1-2H3. The number of rotatable bonds is 5. The second-order valence-electron chi connectivity index (χ2n) is 5.96. The maximum Gasteiger partial charge on any atom is 0.417 e. The lowest BCUT2D eigenvalue weighted by Crippen LogP contribution is -2.08. The molecule has 0 aromatic carbocycles. The molecule has 0 fully saturated rings. The van der Waals surface area contributed by atoms with Crippen LogP contribution in [-0.4, -0.2) is 37.1 Å². The number of ether oxygens (including phenoxy) is 2. The van der Waals surface area contributed by atoms with Crippen LogP contribution in [0.15, 0.2) is 35.0 Å². The summed E-state index contributed by atoms with van der Waals surface area (Å²) in [6.07, 6.45) is -3.70. The van der Waals surface area contributed by atoms with Crippen LogP contribution in [0.5, 0.6) is 11.6 Å². The Kier molecular flexibility index (Phi) is 4.53. The molecule has 4 aromatic heterocycles. The molecule has 12 heteroatoms. The minimum atomic E-state index is -4.45. The van der Waals surface area contributed by atoms with E-state index in [4.69, 9.17) is 14.0 Å². The fourth-order valence-corrected chi connectivity index (χ4v) is 2.50.